The van der Waals surface area contributed by atoms with Crippen molar-refractivity contribution < 1.29 is 24.4 Å². The predicted octanol–water partition coefficient (Wildman–Crippen LogP) is 3.38. The Kier molecular flexibility index (Phi) is 6.19. The van der Waals surface area contributed by atoms with Gasteiger partial charge in [0.25, 0.3) is 5.91 Å². The molecular formula is C27H23N4O4+. The smallest absolute Gasteiger partial charge is 0.338 e. The third kappa shape index (κ3) is 4.87. The topological polar surface area (TPSA) is 98.2 Å². The molecule has 0 spiro atoms. The monoisotopic (exact) mass is 467 g/mol. The van der Waals surface area contributed by atoms with E-state index < -0.39 is 0 Å². The molecule has 5 rings (SSSR count). The van der Waals surface area contributed by atoms with E-state index in [0.717, 1.165) is 28.3 Å². The molecule has 1 aliphatic rings. The van der Waals surface area contributed by atoms with Crippen molar-refractivity contribution in [3.63, 3.8) is 0 Å². The number of hydrogen-bond donors (Lipinski definition) is 1. The molecule has 2 aromatic carbocycles. The fraction of sp³-hybridized carbons (Fsp3) is 0.111. The summed E-state index contributed by atoms with van der Waals surface area (Å²) in [6.45, 7) is 0.365. The molecule has 8 heteroatoms. The van der Waals surface area contributed by atoms with Gasteiger partial charge < -0.3 is 9.47 Å². The third-order valence-corrected chi connectivity index (χ3v) is 5.68. The number of quaternary nitrogens is 1. The Morgan fingerprint density at radius 1 is 1.00 bits per heavy atom. The van der Waals surface area contributed by atoms with Gasteiger partial charge in [0.15, 0.2) is 6.61 Å². The van der Waals surface area contributed by atoms with Crippen molar-refractivity contribution in [2.45, 2.75) is 6.54 Å². The highest BCUT2D eigenvalue weighted by Crippen LogP contribution is 2.37. The van der Waals surface area contributed by atoms with E-state index in [1.807, 2.05) is 59.9 Å². The number of carbonyl (C=O) groups is 2. The number of hydrogen-bond acceptors (Lipinski definition) is 6. The molecule has 1 amide bonds. The van der Waals surface area contributed by atoms with Crippen molar-refractivity contribution in [1.29, 1.82) is 0 Å². The molecule has 0 atom stereocenters. The van der Waals surface area contributed by atoms with Crippen LogP contribution >= 0.6 is 0 Å². The van der Waals surface area contributed by atoms with Crippen molar-refractivity contribution in [3.05, 3.63) is 96.4 Å². The highest BCUT2D eigenvalue weighted by atomic mass is 16.5. The third-order valence-electron chi connectivity index (χ3n) is 5.68. The molecule has 0 fully saturated rings. The molecule has 174 valence electrons. The first-order valence-corrected chi connectivity index (χ1v) is 11.1. The molecule has 0 saturated carbocycles. The summed E-state index contributed by atoms with van der Waals surface area (Å²) in [5.41, 5.74) is 4.68. The first-order valence-electron chi connectivity index (χ1n) is 11.1. The number of nitrogens with zero attached hydrogens (tertiary/aromatic N) is 3. The second-order valence-corrected chi connectivity index (χ2v) is 8.00. The molecule has 8 nitrogen and oxygen atoms in total. The summed E-state index contributed by atoms with van der Waals surface area (Å²) < 4.78 is 10.5. The van der Waals surface area contributed by atoms with Gasteiger partial charge in [-0.25, -0.2) is 9.78 Å². The number of esters is 1. The molecule has 0 radical (unpaired) electrons. The largest absolute Gasteiger partial charge is 0.482 e. The Balaban J connectivity index is 1.43. The van der Waals surface area contributed by atoms with Crippen LogP contribution in [0.3, 0.4) is 0 Å². The van der Waals surface area contributed by atoms with E-state index in [1.54, 1.807) is 35.5 Å². The van der Waals surface area contributed by atoms with Gasteiger partial charge in [0.2, 0.25) is 5.82 Å². The molecule has 0 aliphatic carbocycles. The lowest BCUT2D eigenvalue weighted by atomic mass is 10.0. The number of methoxy groups -OCH3 is 1. The number of benzene rings is 2. The van der Waals surface area contributed by atoms with E-state index in [4.69, 9.17) is 9.47 Å². The van der Waals surface area contributed by atoms with Gasteiger partial charge in [-0.15, -0.1) is 0 Å². The van der Waals surface area contributed by atoms with Crippen LogP contribution in [0.4, 0.5) is 17.2 Å². The van der Waals surface area contributed by atoms with E-state index in [0.29, 0.717) is 23.5 Å². The number of aromatic nitrogens is 2. The first kappa shape index (κ1) is 22.2. The quantitative estimate of drug-likeness (QED) is 0.345. The van der Waals surface area contributed by atoms with E-state index >= 15 is 0 Å². The average molecular weight is 468 g/mol. The van der Waals surface area contributed by atoms with Gasteiger partial charge in [-0.05, 0) is 53.6 Å². The standard InChI is InChI=1S/C27H22N4O4/c1-34-27(33)20-5-4-7-21(13-20)30-25-15-19(10-12-29-25)18-8-9-24-23(14-18)31(26(32)17-35-24)16-22-6-2-3-11-28-22/h2-15H,16-17H2,1H3,(H,29,30)/p+1. The van der Waals surface area contributed by atoms with Crippen molar-refractivity contribution in [1.82, 2.24) is 9.97 Å². The lowest BCUT2D eigenvalue weighted by Crippen LogP contribution is -2.71. The van der Waals surface area contributed by atoms with Gasteiger partial charge in [-0.3, -0.25) is 20.0 Å². The Bertz CT molecular complexity index is 1390. The maximum Gasteiger partial charge on any atom is 0.338 e. The number of ether oxygens (including phenoxy) is 2. The van der Waals surface area contributed by atoms with Crippen LogP contribution in [0.25, 0.3) is 11.1 Å². The maximum absolute atomic E-state index is 12.7. The minimum absolute atomic E-state index is 0.00180. The zero-order valence-corrected chi connectivity index (χ0v) is 19.0. The molecule has 2 aromatic heterocycles. The van der Waals surface area contributed by atoms with Crippen LogP contribution in [0.2, 0.25) is 0 Å². The summed E-state index contributed by atoms with van der Waals surface area (Å²) in [7, 11) is 1.36. The Hall–Kier alpha value is -4.56. The molecule has 0 bridgehead atoms. The molecule has 4 aromatic rings. The highest BCUT2D eigenvalue weighted by molar-refractivity contribution is 5.98. The summed E-state index contributed by atoms with van der Waals surface area (Å²) in [5.74, 6) is 0.891. The fourth-order valence-corrected chi connectivity index (χ4v) is 3.96. The Morgan fingerprint density at radius 2 is 1.89 bits per heavy atom. The van der Waals surface area contributed by atoms with E-state index in [1.165, 1.54) is 7.11 Å². The minimum Gasteiger partial charge on any atom is -0.482 e. The number of rotatable bonds is 6. The van der Waals surface area contributed by atoms with Gasteiger partial charge in [-0.1, -0.05) is 18.2 Å². The molecule has 3 heterocycles. The second kappa shape index (κ2) is 9.74. The number of nitrogens with two attached hydrogens (primary N) is 1. The Labute approximate surface area is 202 Å². The van der Waals surface area contributed by atoms with E-state index in [2.05, 4.69) is 9.97 Å². The summed E-state index contributed by atoms with van der Waals surface area (Å²) in [6, 6.07) is 22.5. The van der Waals surface area contributed by atoms with Crippen LogP contribution < -0.4 is 15.0 Å². The normalized spacial score (nSPS) is 12.6. The van der Waals surface area contributed by atoms with Crippen LogP contribution in [0.15, 0.2) is 85.2 Å². The van der Waals surface area contributed by atoms with Crippen LogP contribution in [0, 0.1) is 0 Å². The van der Waals surface area contributed by atoms with Crippen LogP contribution in [0.5, 0.6) is 5.75 Å². The van der Waals surface area contributed by atoms with Crippen LogP contribution in [-0.4, -0.2) is 35.6 Å². The first-order chi connectivity index (χ1) is 17.1. The number of amides is 1. The van der Waals surface area contributed by atoms with Crippen molar-refractivity contribution in [2.24, 2.45) is 0 Å². The lowest BCUT2D eigenvalue weighted by Gasteiger charge is -2.29. The van der Waals surface area contributed by atoms with Crippen molar-refractivity contribution in [3.8, 4) is 16.9 Å². The number of fused-ring (bicyclic) bond motifs is 1. The van der Waals surface area contributed by atoms with Gasteiger partial charge in [0.1, 0.15) is 11.4 Å². The van der Waals surface area contributed by atoms with Gasteiger partial charge >= 0.3 is 5.97 Å². The van der Waals surface area contributed by atoms with Crippen molar-refractivity contribution >= 4 is 29.1 Å². The number of carbonyl (C=O) groups excluding carboxylic acids is 2. The SMILES string of the molecule is COC(=O)c1cccc([NH2+]c2cc(-c3ccc4c(c3)N(Cc3ccccn3)C(=O)CO4)ccn2)c1. The zero-order chi connectivity index (χ0) is 24.2. The predicted molar refractivity (Wildman–Crippen MR) is 130 cm³/mol. The number of anilines is 1. The molecule has 35 heavy (non-hydrogen) atoms. The fourth-order valence-electron chi connectivity index (χ4n) is 3.96. The van der Waals surface area contributed by atoms with E-state index in [-0.39, 0.29) is 18.5 Å². The van der Waals surface area contributed by atoms with Gasteiger partial charge in [0, 0.05) is 24.5 Å². The lowest BCUT2D eigenvalue weighted by molar-refractivity contribution is -0.483. The van der Waals surface area contributed by atoms with Crippen molar-refractivity contribution in [2.75, 3.05) is 18.6 Å². The molecule has 0 saturated heterocycles. The molecule has 2 N–H and O–H groups in total. The highest BCUT2D eigenvalue weighted by Gasteiger charge is 2.26. The average Bonchev–Trinajstić information content (AvgIpc) is 2.90. The summed E-state index contributed by atoms with van der Waals surface area (Å²) in [5, 5.41) is 1.90. The van der Waals surface area contributed by atoms with Crippen LogP contribution in [-0.2, 0) is 16.1 Å². The van der Waals surface area contributed by atoms with Crippen LogP contribution in [0.1, 0.15) is 16.1 Å². The molecule has 1 aliphatic heterocycles. The molecular weight excluding hydrogens is 444 g/mol. The molecule has 0 unspecified atom stereocenters. The summed E-state index contributed by atoms with van der Waals surface area (Å²) in [4.78, 5) is 35.1. The zero-order valence-electron chi connectivity index (χ0n) is 19.0. The second-order valence-electron chi connectivity index (χ2n) is 8.00. The van der Waals surface area contributed by atoms with Gasteiger partial charge in [0.05, 0.1) is 30.6 Å². The Morgan fingerprint density at radius 3 is 2.71 bits per heavy atom. The minimum atomic E-state index is -0.386. The summed E-state index contributed by atoms with van der Waals surface area (Å²) >= 11 is 0. The van der Waals surface area contributed by atoms with E-state index in [9.17, 15) is 9.59 Å². The van der Waals surface area contributed by atoms with Gasteiger partial charge in [-0.2, -0.15) is 0 Å². The maximum atomic E-state index is 12.7. The summed E-state index contributed by atoms with van der Waals surface area (Å²) in [6.07, 6.45) is 3.45. The number of pyridine rings is 2.